The molecule has 1 aliphatic rings. The molecule has 138 valence electrons. The number of rotatable bonds is 5. The Hall–Kier alpha value is -2.31. The highest BCUT2D eigenvalue weighted by Gasteiger charge is 2.32. The summed E-state index contributed by atoms with van der Waals surface area (Å²) in [5, 5.41) is 1.15. The van der Waals surface area contributed by atoms with Crippen LogP contribution in [0.2, 0.25) is 0 Å². The van der Waals surface area contributed by atoms with E-state index >= 15 is 0 Å². The molecule has 3 heterocycles. The molecular formula is C21H20N2O2S2. The number of furan rings is 1. The number of hydrogen-bond donors (Lipinski definition) is 0. The molecule has 0 radical (unpaired) electrons. The average molecular weight is 397 g/mol. The lowest BCUT2D eigenvalue weighted by Crippen LogP contribution is -2.27. The van der Waals surface area contributed by atoms with Crippen LogP contribution in [0.3, 0.4) is 0 Å². The second-order valence-electron chi connectivity index (χ2n) is 7.00. The predicted molar refractivity (Wildman–Crippen MR) is 114 cm³/mol. The van der Waals surface area contributed by atoms with E-state index < -0.39 is 0 Å². The van der Waals surface area contributed by atoms with Gasteiger partial charge in [0, 0.05) is 29.2 Å². The first kappa shape index (κ1) is 18.1. The number of fused-ring (bicyclic) bond motifs is 1. The molecule has 1 aliphatic heterocycles. The smallest absolute Gasteiger partial charge is 0.266 e. The molecule has 0 unspecified atom stereocenters. The van der Waals surface area contributed by atoms with E-state index in [1.54, 1.807) is 11.2 Å². The van der Waals surface area contributed by atoms with Gasteiger partial charge in [0.1, 0.15) is 10.1 Å². The second kappa shape index (κ2) is 7.37. The Morgan fingerprint density at radius 2 is 2.04 bits per heavy atom. The molecular weight excluding hydrogens is 376 g/mol. The minimum absolute atomic E-state index is 0.0675. The molecule has 0 atom stereocenters. The molecule has 0 N–H and O–H groups in total. The predicted octanol–water partition coefficient (Wildman–Crippen LogP) is 5.29. The molecule has 1 amide bonds. The maximum absolute atomic E-state index is 12.9. The first-order valence-electron chi connectivity index (χ1n) is 8.88. The van der Waals surface area contributed by atoms with Gasteiger partial charge in [0.2, 0.25) is 0 Å². The van der Waals surface area contributed by atoms with Crippen LogP contribution >= 0.6 is 24.0 Å². The van der Waals surface area contributed by atoms with Crippen LogP contribution in [0.4, 0.5) is 0 Å². The van der Waals surface area contributed by atoms with Gasteiger partial charge in [0.15, 0.2) is 0 Å². The number of nitrogens with zero attached hydrogens (tertiary/aromatic N) is 2. The van der Waals surface area contributed by atoms with Gasteiger partial charge in [-0.2, -0.15) is 0 Å². The van der Waals surface area contributed by atoms with Crippen LogP contribution in [0, 0.1) is 5.92 Å². The maximum Gasteiger partial charge on any atom is 0.266 e. The zero-order valence-electron chi connectivity index (χ0n) is 15.2. The van der Waals surface area contributed by atoms with E-state index in [-0.39, 0.29) is 5.91 Å². The number of thiocarbonyl (C=S) groups is 1. The van der Waals surface area contributed by atoms with Gasteiger partial charge in [0.25, 0.3) is 5.91 Å². The Labute approximate surface area is 167 Å². The molecule has 1 fully saturated rings. The van der Waals surface area contributed by atoms with Gasteiger partial charge in [-0.15, -0.1) is 0 Å². The first-order valence-corrected chi connectivity index (χ1v) is 10.1. The molecule has 27 heavy (non-hydrogen) atoms. The molecule has 1 saturated heterocycles. The summed E-state index contributed by atoms with van der Waals surface area (Å²) < 4.78 is 8.18. The Morgan fingerprint density at radius 3 is 2.78 bits per heavy atom. The van der Waals surface area contributed by atoms with E-state index in [1.807, 2.05) is 30.3 Å². The fourth-order valence-electron chi connectivity index (χ4n) is 3.27. The van der Waals surface area contributed by atoms with Crippen molar-refractivity contribution in [3.8, 4) is 0 Å². The van der Waals surface area contributed by atoms with Crippen molar-refractivity contribution >= 4 is 51.2 Å². The van der Waals surface area contributed by atoms with Crippen LogP contribution in [0.1, 0.15) is 25.2 Å². The summed E-state index contributed by atoms with van der Waals surface area (Å²) in [7, 11) is 0. The van der Waals surface area contributed by atoms with E-state index in [0.29, 0.717) is 21.7 Å². The minimum atomic E-state index is -0.0675. The summed E-state index contributed by atoms with van der Waals surface area (Å²) in [6.07, 6.45) is 5.69. The van der Waals surface area contributed by atoms with Crippen molar-refractivity contribution < 1.29 is 9.21 Å². The Balaban J connectivity index is 1.67. The SMILES string of the molecule is CC(C)Cn1cc(/C=C2\SC(=S)N(Cc3ccco3)C2=O)c2ccccc21. The van der Waals surface area contributed by atoms with Crippen LogP contribution in [0.25, 0.3) is 17.0 Å². The van der Waals surface area contributed by atoms with E-state index in [0.717, 1.165) is 23.3 Å². The summed E-state index contributed by atoms with van der Waals surface area (Å²) in [5.74, 6) is 1.20. The highest BCUT2D eigenvalue weighted by atomic mass is 32.2. The number of aromatic nitrogens is 1. The molecule has 2 aromatic heterocycles. The summed E-state index contributed by atoms with van der Waals surface area (Å²) in [4.78, 5) is 15.1. The van der Waals surface area contributed by atoms with Crippen LogP contribution in [0.5, 0.6) is 0 Å². The standard InChI is InChI=1S/C21H20N2O2S2/c1-14(2)11-22-12-15(17-7-3-4-8-18(17)22)10-19-20(24)23(21(26)27-19)13-16-6-5-9-25-16/h3-10,12,14H,11,13H2,1-2H3/b19-10-. The molecule has 4 nitrogen and oxygen atoms in total. The first-order chi connectivity index (χ1) is 13.0. The number of hydrogen-bond acceptors (Lipinski definition) is 4. The fourth-order valence-corrected chi connectivity index (χ4v) is 4.52. The molecule has 0 spiro atoms. The van der Waals surface area contributed by atoms with Crippen LogP contribution < -0.4 is 0 Å². The van der Waals surface area contributed by atoms with Gasteiger partial charge < -0.3 is 8.98 Å². The lowest BCUT2D eigenvalue weighted by Gasteiger charge is -2.11. The summed E-state index contributed by atoms with van der Waals surface area (Å²) in [6, 6.07) is 12.0. The summed E-state index contributed by atoms with van der Waals surface area (Å²) in [6.45, 7) is 5.71. The van der Waals surface area contributed by atoms with Crippen LogP contribution in [-0.4, -0.2) is 19.7 Å². The van der Waals surface area contributed by atoms with Gasteiger partial charge in [-0.3, -0.25) is 9.69 Å². The second-order valence-corrected chi connectivity index (χ2v) is 8.67. The van der Waals surface area contributed by atoms with E-state index in [9.17, 15) is 4.79 Å². The van der Waals surface area contributed by atoms with E-state index in [4.69, 9.17) is 16.6 Å². The third-order valence-electron chi connectivity index (χ3n) is 4.44. The van der Waals surface area contributed by atoms with Crippen molar-refractivity contribution in [2.75, 3.05) is 0 Å². The van der Waals surface area contributed by atoms with Gasteiger partial charge in [-0.05, 0) is 30.2 Å². The minimum Gasteiger partial charge on any atom is -0.467 e. The third kappa shape index (κ3) is 3.59. The average Bonchev–Trinajstić information content (AvgIpc) is 3.32. The zero-order valence-corrected chi connectivity index (χ0v) is 16.8. The van der Waals surface area contributed by atoms with Crippen molar-refractivity contribution in [1.29, 1.82) is 0 Å². The van der Waals surface area contributed by atoms with E-state index in [2.05, 4.69) is 36.7 Å². The van der Waals surface area contributed by atoms with Crippen LogP contribution in [0.15, 0.2) is 58.2 Å². The molecule has 6 heteroatoms. The Bertz CT molecular complexity index is 1030. The lowest BCUT2D eigenvalue weighted by molar-refractivity contribution is -0.122. The Kier molecular flexibility index (Phi) is 4.93. The highest BCUT2D eigenvalue weighted by molar-refractivity contribution is 8.26. The highest BCUT2D eigenvalue weighted by Crippen LogP contribution is 2.35. The number of amides is 1. The van der Waals surface area contributed by atoms with Crippen molar-refractivity contribution in [3.63, 3.8) is 0 Å². The molecule has 0 bridgehead atoms. The number of carbonyl (C=O) groups excluding carboxylic acids is 1. The van der Waals surface area contributed by atoms with Gasteiger partial charge >= 0.3 is 0 Å². The fraction of sp³-hybridized carbons (Fsp3) is 0.238. The van der Waals surface area contributed by atoms with Crippen molar-refractivity contribution in [3.05, 3.63) is 65.1 Å². The van der Waals surface area contributed by atoms with Gasteiger partial charge in [0.05, 0.1) is 17.7 Å². The largest absolute Gasteiger partial charge is 0.467 e. The topological polar surface area (TPSA) is 38.4 Å². The molecule has 0 saturated carbocycles. The summed E-state index contributed by atoms with van der Waals surface area (Å²) in [5.41, 5.74) is 2.23. The van der Waals surface area contributed by atoms with Gasteiger partial charge in [-0.1, -0.05) is 56.0 Å². The van der Waals surface area contributed by atoms with Crippen molar-refractivity contribution in [1.82, 2.24) is 9.47 Å². The number of carbonyl (C=O) groups is 1. The normalized spacial score (nSPS) is 16.4. The van der Waals surface area contributed by atoms with Gasteiger partial charge in [-0.25, -0.2) is 0 Å². The number of thioether (sulfide) groups is 1. The third-order valence-corrected chi connectivity index (χ3v) is 5.81. The monoisotopic (exact) mass is 396 g/mol. The lowest BCUT2D eigenvalue weighted by atomic mass is 10.1. The maximum atomic E-state index is 12.9. The van der Waals surface area contributed by atoms with Crippen molar-refractivity contribution in [2.45, 2.75) is 26.9 Å². The number of para-hydroxylation sites is 1. The molecule has 1 aromatic carbocycles. The zero-order chi connectivity index (χ0) is 19.0. The van der Waals surface area contributed by atoms with Crippen LogP contribution in [-0.2, 0) is 17.9 Å². The van der Waals surface area contributed by atoms with Crippen molar-refractivity contribution in [2.24, 2.45) is 5.92 Å². The number of benzene rings is 1. The molecule has 4 rings (SSSR count). The summed E-state index contributed by atoms with van der Waals surface area (Å²) >= 11 is 6.77. The molecule has 3 aromatic rings. The quantitative estimate of drug-likeness (QED) is 0.434. The van der Waals surface area contributed by atoms with E-state index in [1.165, 1.54) is 17.3 Å². The molecule has 0 aliphatic carbocycles. The Morgan fingerprint density at radius 1 is 1.22 bits per heavy atom.